The van der Waals surface area contributed by atoms with Gasteiger partial charge in [0.2, 0.25) is 5.91 Å². The summed E-state index contributed by atoms with van der Waals surface area (Å²) >= 11 is 1.36. The van der Waals surface area contributed by atoms with Crippen LogP contribution < -0.4 is 4.90 Å². The number of rotatable bonds is 6. The molecule has 0 aliphatic carbocycles. The molecule has 1 aliphatic heterocycles. The first-order chi connectivity index (χ1) is 14.9. The highest BCUT2D eigenvalue weighted by molar-refractivity contribution is 7.14. The van der Waals surface area contributed by atoms with Gasteiger partial charge < -0.3 is 4.74 Å². The van der Waals surface area contributed by atoms with Crippen molar-refractivity contribution in [3.63, 3.8) is 0 Å². The fourth-order valence-electron chi connectivity index (χ4n) is 3.43. The lowest BCUT2D eigenvalue weighted by Gasteiger charge is -2.13. The number of esters is 1. The summed E-state index contributed by atoms with van der Waals surface area (Å²) < 4.78 is 5.23. The van der Waals surface area contributed by atoms with Crippen molar-refractivity contribution in [1.29, 1.82) is 0 Å². The van der Waals surface area contributed by atoms with Gasteiger partial charge in [0.15, 0.2) is 17.5 Å². The molecular weight excluding hydrogens is 412 g/mol. The van der Waals surface area contributed by atoms with Crippen LogP contribution >= 0.6 is 11.3 Å². The number of Topliss-reactive ketones (excluding diaryl/α,β-unsaturated/α-hetero) is 1. The van der Waals surface area contributed by atoms with Gasteiger partial charge >= 0.3 is 5.97 Å². The van der Waals surface area contributed by atoms with Gasteiger partial charge in [-0.1, -0.05) is 42.5 Å². The van der Waals surface area contributed by atoms with Crippen molar-refractivity contribution in [2.75, 3.05) is 18.1 Å². The minimum Gasteiger partial charge on any atom is -0.457 e. The Hall–Kier alpha value is -3.32. The molecule has 1 aliphatic rings. The Labute approximate surface area is 184 Å². The van der Waals surface area contributed by atoms with Crippen LogP contribution in [0, 0.1) is 19.8 Å². The number of thiazole rings is 1. The van der Waals surface area contributed by atoms with Gasteiger partial charge in [-0.25, -0.2) is 4.98 Å². The smallest absolute Gasteiger partial charge is 0.311 e. The molecule has 0 radical (unpaired) electrons. The topological polar surface area (TPSA) is 76.6 Å². The number of hydrogen-bond acceptors (Lipinski definition) is 6. The number of carbonyl (C=O) groups excluding carboxylic acids is 3. The second-order valence-corrected chi connectivity index (χ2v) is 8.45. The third-order valence-electron chi connectivity index (χ3n) is 5.43. The largest absolute Gasteiger partial charge is 0.457 e. The summed E-state index contributed by atoms with van der Waals surface area (Å²) in [5.41, 5.74) is 4.37. The summed E-state index contributed by atoms with van der Waals surface area (Å²) in [5.74, 6) is -1.57. The number of hydrogen-bond donors (Lipinski definition) is 0. The van der Waals surface area contributed by atoms with Crippen molar-refractivity contribution in [3.05, 3.63) is 70.6 Å². The van der Waals surface area contributed by atoms with E-state index < -0.39 is 11.9 Å². The van der Waals surface area contributed by atoms with E-state index in [0.717, 1.165) is 22.4 Å². The second-order valence-electron chi connectivity index (χ2n) is 7.62. The minimum absolute atomic E-state index is 0.0525. The SMILES string of the molecule is Cc1ccc(C(=O)COC(=O)[C@@H]2CC(=O)N(c3nc(-c4ccccc4)cs3)C2)cc1C. The first kappa shape index (κ1) is 20.9. The number of ketones is 1. The summed E-state index contributed by atoms with van der Waals surface area (Å²) in [6, 6.07) is 15.1. The van der Waals surface area contributed by atoms with Crippen molar-refractivity contribution in [2.24, 2.45) is 5.92 Å². The highest BCUT2D eigenvalue weighted by Crippen LogP contribution is 2.31. The zero-order chi connectivity index (χ0) is 22.0. The molecule has 3 aromatic rings. The third-order valence-corrected chi connectivity index (χ3v) is 6.29. The molecule has 2 heterocycles. The number of nitrogens with zero attached hydrogens (tertiary/aromatic N) is 2. The fourth-order valence-corrected chi connectivity index (χ4v) is 4.29. The molecule has 158 valence electrons. The van der Waals surface area contributed by atoms with Crippen molar-refractivity contribution >= 4 is 34.1 Å². The molecule has 1 amide bonds. The summed E-state index contributed by atoms with van der Waals surface area (Å²) in [4.78, 5) is 43.4. The van der Waals surface area contributed by atoms with E-state index >= 15 is 0 Å². The number of benzene rings is 2. The molecule has 0 bridgehead atoms. The van der Waals surface area contributed by atoms with Crippen LogP contribution in [0.15, 0.2) is 53.9 Å². The molecule has 1 fully saturated rings. The Bertz CT molecular complexity index is 1140. The van der Waals surface area contributed by atoms with Gasteiger partial charge in [0, 0.05) is 29.5 Å². The van der Waals surface area contributed by atoms with Crippen LogP contribution in [0.5, 0.6) is 0 Å². The third kappa shape index (κ3) is 4.56. The predicted molar refractivity (Wildman–Crippen MR) is 119 cm³/mol. The summed E-state index contributed by atoms with van der Waals surface area (Å²) in [5, 5.41) is 2.46. The highest BCUT2D eigenvalue weighted by Gasteiger charge is 2.37. The summed E-state index contributed by atoms with van der Waals surface area (Å²) in [6.45, 7) is 3.77. The molecule has 4 rings (SSSR count). The maximum Gasteiger partial charge on any atom is 0.311 e. The minimum atomic E-state index is -0.607. The van der Waals surface area contributed by atoms with Gasteiger partial charge in [0.1, 0.15) is 0 Å². The molecule has 0 N–H and O–H groups in total. The van der Waals surface area contributed by atoms with E-state index in [9.17, 15) is 14.4 Å². The van der Waals surface area contributed by atoms with Crippen LogP contribution in [-0.2, 0) is 14.3 Å². The molecule has 31 heavy (non-hydrogen) atoms. The number of aryl methyl sites for hydroxylation is 2. The zero-order valence-corrected chi connectivity index (χ0v) is 18.1. The van der Waals surface area contributed by atoms with E-state index in [1.807, 2.05) is 55.6 Å². The highest BCUT2D eigenvalue weighted by atomic mass is 32.1. The fraction of sp³-hybridized carbons (Fsp3) is 0.250. The van der Waals surface area contributed by atoms with E-state index in [1.165, 1.54) is 16.2 Å². The lowest BCUT2D eigenvalue weighted by Crippen LogP contribution is -2.27. The Morgan fingerprint density at radius 1 is 1.13 bits per heavy atom. The van der Waals surface area contributed by atoms with Crippen LogP contribution in [0.2, 0.25) is 0 Å². The van der Waals surface area contributed by atoms with E-state index in [-0.39, 0.29) is 31.3 Å². The van der Waals surface area contributed by atoms with Gasteiger partial charge in [-0.3, -0.25) is 19.3 Å². The molecule has 0 spiro atoms. The lowest BCUT2D eigenvalue weighted by atomic mass is 10.0. The Morgan fingerprint density at radius 2 is 1.90 bits per heavy atom. The van der Waals surface area contributed by atoms with Crippen LogP contribution in [0.25, 0.3) is 11.3 Å². The maximum absolute atomic E-state index is 12.5. The Balaban J connectivity index is 1.36. The molecule has 7 heteroatoms. The van der Waals surface area contributed by atoms with Gasteiger partial charge in [0.05, 0.1) is 11.6 Å². The Kier molecular flexibility index (Phi) is 5.95. The lowest BCUT2D eigenvalue weighted by molar-refractivity contribution is -0.147. The van der Waals surface area contributed by atoms with Gasteiger partial charge in [-0.15, -0.1) is 11.3 Å². The van der Waals surface area contributed by atoms with E-state index in [2.05, 4.69) is 4.98 Å². The molecule has 0 saturated carbocycles. The average molecular weight is 435 g/mol. The maximum atomic E-state index is 12.5. The molecule has 1 saturated heterocycles. The zero-order valence-electron chi connectivity index (χ0n) is 17.3. The molecule has 2 aromatic carbocycles. The van der Waals surface area contributed by atoms with Crippen molar-refractivity contribution in [1.82, 2.24) is 4.98 Å². The van der Waals surface area contributed by atoms with Crippen LogP contribution in [0.1, 0.15) is 27.9 Å². The first-order valence-corrected chi connectivity index (χ1v) is 10.9. The molecule has 1 atom stereocenters. The van der Waals surface area contributed by atoms with Crippen LogP contribution in [0.4, 0.5) is 5.13 Å². The monoisotopic (exact) mass is 434 g/mol. The molecule has 6 nitrogen and oxygen atoms in total. The van der Waals surface area contributed by atoms with Crippen molar-refractivity contribution in [2.45, 2.75) is 20.3 Å². The number of anilines is 1. The molecule has 0 unspecified atom stereocenters. The van der Waals surface area contributed by atoms with Crippen LogP contribution in [0.3, 0.4) is 0 Å². The molecule has 1 aromatic heterocycles. The standard InChI is InChI=1S/C24H22N2O4S/c1-15-8-9-18(10-16(15)2)21(27)13-30-23(29)19-11-22(28)26(12-19)24-25-20(14-31-24)17-6-4-3-5-7-17/h3-10,14,19H,11-13H2,1-2H3/t19-/m1/s1. The molecular formula is C24H22N2O4S. The number of ether oxygens (including phenoxy) is 1. The van der Waals surface area contributed by atoms with Gasteiger partial charge in [-0.2, -0.15) is 0 Å². The van der Waals surface area contributed by atoms with Crippen molar-refractivity contribution < 1.29 is 19.1 Å². The normalized spacial score (nSPS) is 15.9. The number of carbonyl (C=O) groups is 3. The first-order valence-electron chi connectivity index (χ1n) is 10.0. The summed E-state index contributed by atoms with van der Waals surface area (Å²) in [6.07, 6.45) is 0.0525. The van der Waals surface area contributed by atoms with Gasteiger partial charge in [0.25, 0.3) is 0 Å². The second kappa shape index (κ2) is 8.81. The van der Waals surface area contributed by atoms with Crippen molar-refractivity contribution in [3.8, 4) is 11.3 Å². The summed E-state index contributed by atoms with van der Waals surface area (Å²) in [7, 11) is 0. The van der Waals surface area contributed by atoms with E-state index in [0.29, 0.717) is 10.7 Å². The van der Waals surface area contributed by atoms with E-state index in [1.54, 1.807) is 12.1 Å². The number of amides is 1. The predicted octanol–water partition coefficient (Wildman–Crippen LogP) is 4.21. The van der Waals surface area contributed by atoms with Gasteiger partial charge in [-0.05, 0) is 31.0 Å². The van der Waals surface area contributed by atoms with Crippen LogP contribution in [-0.4, -0.2) is 35.8 Å². The van der Waals surface area contributed by atoms with E-state index in [4.69, 9.17) is 4.74 Å². The average Bonchev–Trinajstić information content (AvgIpc) is 3.41. The Morgan fingerprint density at radius 3 is 2.65 bits per heavy atom. The quantitative estimate of drug-likeness (QED) is 0.429. The number of aromatic nitrogens is 1.